The molecule has 1 atom stereocenters. The molecule has 1 aromatic carbocycles. The molecule has 2 nitrogen and oxygen atoms in total. The van der Waals surface area contributed by atoms with Crippen molar-refractivity contribution in [2.24, 2.45) is 0 Å². The van der Waals surface area contributed by atoms with Crippen molar-refractivity contribution in [2.75, 3.05) is 0 Å². The predicted octanol–water partition coefficient (Wildman–Crippen LogP) is 7.70. The zero-order valence-corrected chi connectivity index (χ0v) is 16.9. The average Bonchev–Trinajstić information content (AvgIpc) is 2.62. The van der Waals surface area contributed by atoms with Gasteiger partial charge in [0, 0.05) is 0 Å². The maximum atomic E-state index is 13.3. The van der Waals surface area contributed by atoms with Crippen molar-refractivity contribution < 1.29 is 27.1 Å². The van der Waals surface area contributed by atoms with Gasteiger partial charge in [0.25, 0.3) is 0 Å². The molecule has 160 valence electrons. The summed E-state index contributed by atoms with van der Waals surface area (Å²) in [6, 6.07) is 2.16. The van der Waals surface area contributed by atoms with E-state index in [9.17, 15) is 22.4 Å². The topological polar surface area (TPSA) is 26.3 Å². The molecule has 0 saturated heterocycles. The third kappa shape index (κ3) is 9.56. The fourth-order valence-electron chi connectivity index (χ4n) is 3.10. The molecule has 0 fully saturated rings. The highest BCUT2D eigenvalue weighted by atomic mass is 19.4. The molecule has 0 aliphatic heterocycles. The van der Waals surface area contributed by atoms with Crippen LogP contribution < -0.4 is 0 Å². The SMILES string of the molecule is CCCCCCCCCCCCC(C)OC(=O)c1ccc(F)c(C(F)(F)F)c1. The molecule has 0 bridgehead atoms. The van der Waals surface area contributed by atoms with Crippen LogP contribution in [-0.2, 0) is 10.9 Å². The van der Waals surface area contributed by atoms with Crippen LogP contribution in [0.4, 0.5) is 17.6 Å². The Bertz CT molecular complexity index is 584. The van der Waals surface area contributed by atoms with Crippen molar-refractivity contribution in [3.05, 3.63) is 35.1 Å². The van der Waals surface area contributed by atoms with E-state index in [1.165, 1.54) is 44.9 Å². The number of unbranched alkanes of at least 4 members (excludes halogenated alkanes) is 9. The van der Waals surface area contributed by atoms with Crippen LogP contribution in [0.1, 0.15) is 100 Å². The van der Waals surface area contributed by atoms with Crippen molar-refractivity contribution in [3.8, 4) is 0 Å². The van der Waals surface area contributed by atoms with Gasteiger partial charge in [-0.05, 0) is 38.0 Å². The number of esters is 1. The Morgan fingerprint density at radius 3 is 2.04 bits per heavy atom. The zero-order chi connectivity index (χ0) is 21.0. The highest BCUT2D eigenvalue weighted by Gasteiger charge is 2.34. The van der Waals surface area contributed by atoms with E-state index in [1.54, 1.807) is 6.92 Å². The molecule has 0 spiro atoms. The summed E-state index contributed by atoms with van der Waals surface area (Å²) in [7, 11) is 0. The fourth-order valence-corrected chi connectivity index (χ4v) is 3.10. The summed E-state index contributed by atoms with van der Waals surface area (Å²) < 4.78 is 56.7. The number of rotatable bonds is 13. The number of benzene rings is 1. The summed E-state index contributed by atoms with van der Waals surface area (Å²) in [4.78, 5) is 12.0. The lowest BCUT2D eigenvalue weighted by Gasteiger charge is -2.14. The molecular formula is C22H32F4O2. The van der Waals surface area contributed by atoms with Crippen molar-refractivity contribution >= 4 is 5.97 Å². The van der Waals surface area contributed by atoms with Gasteiger partial charge >= 0.3 is 12.1 Å². The molecule has 0 aromatic heterocycles. The van der Waals surface area contributed by atoms with Crippen molar-refractivity contribution in [1.82, 2.24) is 0 Å². The molecule has 0 N–H and O–H groups in total. The summed E-state index contributed by atoms with van der Waals surface area (Å²) in [5.41, 5.74) is -1.74. The molecule has 6 heteroatoms. The van der Waals surface area contributed by atoms with Gasteiger partial charge in [-0.15, -0.1) is 0 Å². The molecule has 1 aromatic rings. The number of hydrogen-bond acceptors (Lipinski definition) is 2. The lowest BCUT2D eigenvalue weighted by Crippen LogP contribution is -2.16. The van der Waals surface area contributed by atoms with Gasteiger partial charge in [-0.3, -0.25) is 0 Å². The Kier molecular flexibility index (Phi) is 11.2. The number of halogens is 4. The molecule has 1 rings (SSSR count). The van der Waals surface area contributed by atoms with E-state index in [4.69, 9.17) is 4.74 Å². The molecule has 0 saturated carbocycles. The van der Waals surface area contributed by atoms with Gasteiger partial charge in [0.05, 0.1) is 17.2 Å². The lowest BCUT2D eigenvalue weighted by molar-refractivity contribution is -0.140. The molecule has 0 heterocycles. The number of hydrogen-bond donors (Lipinski definition) is 0. The minimum Gasteiger partial charge on any atom is -0.459 e. The molecule has 0 aliphatic rings. The smallest absolute Gasteiger partial charge is 0.419 e. The van der Waals surface area contributed by atoms with Crippen LogP contribution in [0.3, 0.4) is 0 Å². The van der Waals surface area contributed by atoms with E-state index in [0.717, 1.165) is 25.3 Å². The van der Waals surface area contributed by atoms with Gasteiger partial charge in [-0.25, -0.2) is 9.18 Å². The Morgan fingerprint density at radius 1 is 0.964 bits per heavy atom. The molecule has 0 radical (unpaired) electrons. The van der Waals surface area contributed by atoms with E-state index in [-0.39, 0.29) is 11.7 Å². The minimum atomic E-state index is -4.85. The monoisotopic (exact) mass is 404 g/mol. The van der Waals surface area contributed by atoms with E-state index in [2.05, 4.69) is 6.92 Å². The quantitative estimate of drug-likeness (QED) is 0.191. The van der Waals surface area contributed by atoms with Gasteiger partial charge in [-0.2, -0.15) is 13.2 Å². The van der Waals surface area contributed by atoms with Crippen LogP contribution >= 0.6 is 0 Å². The highest BCUT2D eigenvalue weighted by molar-refractivity contribution is 5.89. The minimum absolute atomic E-state index is 0.288. The third-order valence-electron chi connectivity index (χ3n) is 4.78. The van der Waals surface area contributed by atoms with E-state index in [0.29, 0.717) is 18.6 Å². The van der Waals surface area contributed by atoms with Crippen LogP contribution in [0.25, 0.3) is 0 Å². The summed E-state index contributed by atoms with van der Waals surface area (Å²) in [5, 5.41) is 0. The Hall–Kier alpha value is -1.59. The van der Waals surface area contributed by atoms with E-state index < -0.39 is 23.5 Å². The first-order valence-electron chi connectivity index (χ1n) is 10.3. The fraction of sp³-hybridized carbons (Fsp3) is 0.682. The summed E-state index contributed by atoms with van der Waals surface area (Å²) in [6.45, 7) is 3.93. The second kappa shape index (κ2) is 12.8. The normalized spacial score (nSPS) is 12.8. The molecule has 28 heavy (non-hydrogen) atoms. The molecule has 1 unspecified atom stereocenters. The van der Waals surface area contributed by atoms with Crippen molar-refractivity contribution in [3.63, 3.8) is 0 Å². The first kappa shape index (κ1) is 24.4. The van der Waals surface area contributed by atoms with Gasteiger partial charge in [0.2, 0.25) is 0 Å². The van der Waals surface area contributed by atoms with Gasteiger partial charge in [-0.1, -0.05) is 64.7 Å². The number of alkyl halides is 3. The maximum Gasteiger partial charge on any atom is 0.419 e. The number of ether oxygens (including phenoxy) is 1. The standard InChI is InChI=1S/C22H32F4O2/c1-3-4-5-6-7-8-9-10-11-12-13-17(2)28-21(27)18-14-15-20(23)19(16-18)22(24,25)26/h14-17H,3-13H2,1-2H3. The molecule has 0 aliphatic carbocycles. The maximum absolute atomic E-state index is 13.3. The Morgan fingerprint density at radius 2 is 1.50 bits per heavy atom. The second-order valence-electron chi connectivity index (χ2n) is 7.38. The number of carbonyl (C=O) groups excluding carboxylic acids is 1. The van der Waals surface area contributed by atoms with Crippen LogP contribution in [0, 0.1) is 5.82 Å². The molecular weight excluding hydrogens is 372 g/mol. The van der Waals surface area contributed by atoms with E-state index in [1.807, 2.05) is 0 Å². The number of carbonyl (C=O) groups is 1. The van der Waals surface area contributed by atoms with Crippen molar-refractivity contribution in [1.29, 1.82) is 0 Å². The first-order valence-corrected chi connectivity index (χ1v) is 10.3. The molecule has 0 amide bonds. The summed E-state index contributed by atoms with van der Waals surface area (Å²) in [6.07, 6.45) is 7.45. The lowest BCUT2D eigenvalue weighted by atomic mass is 10.0. The highest BCUT2D eigenvalue weighted by Crippen LogP contribution is 2.32. The summed E-state index contributed by atoms with van der Waals surface area (Å²) in [5.74, 6) is -2.26. The van der Waals surface area contributed by atoms with Crippen molar-refractivity contribution in [2.45, 2.75) is 96.8 Å². The Balaban J connectivity index is 2.25. The average molecular weight is 404 g/mol. The third-order valence-corrected chi connectivity index (χ3v) is 4.78. The van der Waals surface area contributed by atoms with Crippen LogP contribution in [0.2, 0.25) is 0 Å². The summed E-state index contributed by atoms with van der Waals surface area (Å²) >= 11 is 0. The van der Waals surface area contributed by atoms with E-state index >= 15 is 0 Å². The first-order chi connectivity index (χ1) is 13.3. The van der Waals surface area contributed by atoms with Crippen LogP contribution in [0.15, 0.2) is 18.2 Å². The van der Waals surface area contributed by atoms with Gasteiger partial charge < -0.3 is 4.74 Å². The van der Waals surface area contributed by atoms with Crippen LogP contribution in [0.5, 0.6) is 0 Å². The second-order valence-corrected chi connectivity index (χ2v) is 7.38. The largest absolute Gasteiger partial charge is 0.459 e. The van der Waals surface area contributed by atoms with Gasteiger partial charge in [0.15, 0.2) is 0 Å². The predicted molar refractivity (Wildman–Crippen MR) is 103 cm³/mol. The van der Waals surface area contributed by atoms with Crippen LogP contribution in [-0.4, -0.2) is 12.1 Å². The Labute approximate surface area is 165 Å². The zero-order valence-electron chi connectivity index (χ0n) is 16.9. The van der Waals surface area contributed by atoms with Gasteiger partial charge in [0.1, 0.15) is 5.82 Å².